The van der Waals surface area contributed by atoms with Gasteiger partial charge in [0.1, 0.15) is 17.3 Å². The Morgan fingerprint density at radius 3 is 2.63 bits per heavy atom. The minimum Gasteiger partial charge on any atom is -0.466 e. The van der Waals surface area contributed by atoms with E-state index in [0.717, 1.165) is 17.3 Å². The number of anilines is 1. The van der Waals surface area contributed by atoms with Crippen molar-refractivity contribution in [1.82, 2.24) is 15.2 Å². The molecule has 3 rings (SSSR count). The van der Waals surface area contributed by atoms with E-state index in [2.05, 4.69) is 15.2 Å². The van der Waals surface area contributed by atoms with Gasteiger partial charge in [-0.25, -0.2) is 4.98 Å². The molecular formula is C20H26N4O3. The lowest BCUT2D eigenvalue weighted by Gasteiger charge is -2.18. The van der Waals surface area contributed by atoms with Crippen LogP contribution in [0.4, 0.5) is 5.82 Å². The lowest BCUT2D eigenvalue weighted by Crippen LogP contribution is -2.38. The van der Waals surface area contributed by atoms with Gasteiger partial charge in [-0.15, -0.1) is 0 Å². The molecule has 0 unspecified atom stereocenters. The highest BCUT2D eigenvalue weighted by molar-refractivity contribution is 5.93. The minimum absolute atomic E-state index is 0.0435. The van der Waals surface area contributed by atoms with E-state index in [1.807, 2.05) is 32.0 Å². The van der Waals surface area contributed by atoms with Gasteiger partial charge < -0.3 is 19.5 Å². The van der Waals surface area contributed by atoms with Crippen LogP contribution in [0.3, 0.4) is 0 Å². The second-order valence-electron chi connectivity index (χ2n) is 6.99. The normalized spacial score (nSPS) is 19.2. The Hall–Kier alpha value is -2.83. The van der Waals surface area contributed by atoms with Crippen molar-refractivity contribution < 1.29 is 14.0 Å². The number of amides is 2. The highest BCUT2D eigenvalue weighted by Gasteiger charge is 2.37. The lowest BCUT2D eigenvalue weighted by molar-refractivity contribution is -0.119. The Labute approximate surface area is 159 Å². The van der Waals surface area contributed by atoms with Gasteiger partial charge in [0.05, 0.1) is 17.5 Å². The van der Waals surface area contributed by atoms with Crippen molar-refractivity contribution in [3.05, 3.63) is 47.5 Å². The summed E-state index contributed by atoms with van der Waals surface area (Å²) in [7, 11) is 1.77. The SMILES string of the molecule is CCN(C)C(=O)c1ccc(N2C[C@@H](NC(C)=O)[C@H](c3ccc(C)o3)C2)nc1. The number of aryl methyl sites for hydroxylation is 1. The van der Waals surface area contributed by atoms with Crippen molar-refractivity contribution in [1.29, 1.82) is 0 Å². The van der Waals surface area contributed by atoms with E-state index in [0.29, 0.717) is 25.2 Å². The van der Waals surface area contributed by atoms with Gasteiger partial charge in [0.15, 0.2) is 0 Å². The maximum absolute atomic E-state index is 12.2. The van der Waals surface area contributed by atoms with Crippen LogP contribution in [0.2, 0.25) is 0 Å². The highest BCUT2D eigenvalue weighted by Crippen LogP contribution is 2.31. The second kappa shape index (κ2) is 7.82. The maximum Gasteiger partial charge on any atom is 0.255 e. The first-order valence-electron chi connectivity index (χ1n) is 9.19. The Morgan fingerprint density at radius 2 is 2.07 bits per heavy atom. The van der Waals surface area contributed by atoms with E-state index >= 15 is 0 Å². The molecule has 7 heteroatoms. The number of furan rings is 1. The van der Waals surface area contributed by atoms with Gasteiger partial charge >= 0.3 is 0 Å². The van der Waals surface area contributed by atoms with Crippen molar-refractivity contribution in [2.45, 2.75) is 32.7 Å². The third-order valence-electron chi connectivity index (χ3n) is 4.97. The summed E-state index contributed by atoms with van der Waals surface area (Å²) in [6.07, 6.45) is 1.61. The molecule has 7 nitrogen and oxygen atoms in total. The van der Waals surface area contributed by atoms with E-state index in [4.69, 9.17) is 4.42 Å². The molecule has 1 saturated heterocycles. The van der Waals surface area contributed by atoms with E-state index in [1.165, 1.54) is 6.92 Å². The molecule has 0 bridgehead atoms. The predicted octanol–water partition coefficient (Wildman–Crippen LogP) is 2.18. The van der Waals surface area contributed by atoms with E-state index in [-0.39, 0.29) is 23.8 Å². The van der Waals surface area contributed by atoms with Crippen LogP contribution in [-0.2, 0) is 4.79 Å². The van der Waals surface area contributed by atoms with Crippen LogP contribution >= 0.6 is 0 Å². The lowest BCUT2D eigenvalue weighted by atomic mass is 10.0. The third-order valence-corrected chi connectivity index (χ3v) is 4.97. The van der Waals surface area contributed by atoms with Gasteiger partial charge in [-0.1, -0.05) is 0 Å². The molecule has 1 fully saturated rings. The zero-order chi connectivity index (χ0) is 19.6. The zero-order valence-corrected chi connectivity index (χ0v) is 16.2. The number of hydrogen-bond donors (Lipinski definition) is 1. The molecule has 1 aliphatic heterocycles. The standard InChI is InChI=1S/C20H26N4O3/c1-5-23(4)20(26)15-7-9-19(21-10-15)24-11-16(17(12-24)22-14(3)25)18-8-6-13(2)27-18/h6-10,16-17H,5,11-12H2,1-4H3,(H,22,25)/t16-,17-/m1/s1. The maximum atomic E-state index is 12.2. The molecule has 3 heterocycles. The Bertz CT molecular complexity index is 815. The summed E-state index contributed by atoms with van der Waals surface area (Å²) in [5.74, 6) is 2.45. The molecule has 2 atom stereocenters. The number of aromatic nitrogens is 1. The summed E-state index contributed by atoms with van der Waals surface area (Å²) in [6, 6.07) is 7.51. The fourth-order valence-electron chi connectivity index (χ4n) is 3.40. The van der Waals surface area contributed by atoms with Crippen LogP contribution in [0.15, 0.2) is 34.9 Å². The molecule has 0 spiro atoms. The highest BCUT2D eigenvalue weighted by atomic mass is 16.3. The van der Waals surface area contributed by atoms with Crippen molar-refractivity contribution in [2.75, 3.05) is 31.6 Å². The van der Waals surface area contributed by atoms with E-state index in [9.17, 15) is 9.59 Å². The number of hydrogen-bond acceptors (Lipinski definition) is 5. The van der Waals surface area contributed by atoms with Crippen molar-refractivity contribution >= 4 is 17.6 Å². The van der Waals surface area contributed by atoms with Crippen LogP contribution < -0.4 is 10.2 Å². The zero-order valence-electron chi connectivity index (χ0n) is 16.2. The summed E-state index contributed by atoms with van der Waals surface area (Å²) < 4.78 is 5.80. The Kier molecular flexibility index (Phi) is 5.48. The number of carbonyl (C=O) groups is 2. The molecule has 1 aliphatic rings. The molecule has 144 valence electrons. The first-order chi connectivity index (χ1) is 12.9. The van der Waals surface area contributed by atoms with Crippen LogP contribution in [0, 0.1) is 6.92 Å². The largest absolute Gasteiger partial charge is 0.466 e. The molecule has 2 aromatic rings. The topological polar surface area (TPSA) is 78.7 Å². The fourth-order valence-corrected chi connectivity index (χ4v) is 3.40. The van der Waals surface area contributed by atoms with Gasteiger partial charge in [0.25, 0.3) is 5.91 Å². The first-order valence-corrected chi connectivity index (χ1v) is 9.19. The van der Waals surface area contributed by atoms with E-state index in [1.54, 1.807) is 24.2 Å². The molecule has 0 aromatic carbocycles. The number of nitrogens with zero attached hydrogens (tertiary/aromatic N) is 3. The quantitative estimate of drug-likeness (QED) is 0.873. The molecule has 2 amide bonds. The van der Waals surface area contributed by atoms with Gasteiger partial charge in [0, 0.05) is 39.8 Å². The van der Waals surface area contributed by atoms with Crippen LogP contribution in [-0.4, -0.2) is 54.4 Å². The Morgan fingerprint density at radius 1 is 1.30 bits per heavy atom. The Balaban J connectivity index is 1.78. The molecule has 2 aromatic heterocycles. The van der Waals surface area contributed by atoms with Crippen LogP contribution in [0.1, 0.15) is 41.6 Å². The van der Waals surface area contributed by atoms with Crippen molar-refractivity contribution in [3.8, 4) is 0 Å². The predicted molar refractivity (Wildman–Crippen MR) is 103 cm³/mol. The van der Waals surface area contributed by atoms with Crippen molar-refractivity contribution in [3.63, 3.8) is 0 Å². The average Bonchev–Trinajstić information content (AvgIpc) is 3.26. The molecule has 27 heavy (non-hydrogen) atoms. The number of carbonyl (C=O) groups excluding carboxylic acids is 2. The van der Waals surface area contributed by atoms with Gasteiger partial charge in [-0.05, 0) is 38.1 Å². The van der Waals surface area contributed by atoms with Gasteiger partial charge in [-0.2, -0.15) is 0 Å². The summed E-state index contributed by atoms with van der Waals surface area (Å²) in [6.45, 7) is 7.34. The van der Waals surface area contributed by atoms with Gasteiger partial charge in [-0.3, -0.25) is 9.59 Å². The molecule has 0 radical (unpaired) electrons. The molecular weight excluding hydrogens is 344 g/mol. The van der Waals surface area contributed by atoms with Crippen molar-refractivity contribution in [2.24, 2.45) is 0 Å². The average molecular weight is 370 g/mol. The van der Waals surface area contributed by atoms with Gasteiger partial charge in [0.2, 0.25) is 5.91 Å². The monoisotopic (exact) mass is 370 g/mol. The molecule has 1 N–H and O–H groups in total. The van der Waals surface area contributed by atoms with E-state index < -0.39 is 0 Å². The summed E-state index contributed by atoms with van der Waals surface area (Å²) in [5, 5.41) is 3.02. The van der Waals surface area contributed by atoms with Crippen LogP contribution in [0.5, 0.6) is 0 Å². The number of nitrogens with one attached hydrogen (secondary N) is 1. The first kappa shape index (κ1) is 18.9. The summed E-state index contributed by atoms with van der Waals surface area (Å²) >= 11 is 0. The smallest absolute Gasteiger partial charge is 0.255 e. The summed E-state index contributed by atoms with van der Waals surface area (Å²) in [5.41, 5.74) is 0.568. The fraction of sp³-hybridized carbons (Fsp3) is 0.450. The summed E-state index contributed by atoms with van der Waals surface area (Å²) in [4.78, 5) is 32.1. The number of rotatable bonds is 5. The third kappa shape index (κ3) is 4.13. The second-order valence-corrected chi connectivity index (χ2v) is 6.99. The number of pyridine rings is 1. The van der Waals surface area contributed by atoms with Crippen LogP contribution in [0.25, 0.3) is 0 Å². The minimum atomic E-state index is -0.0633. The molecule has 0 aliphatic carbocycles. The molecule has 0 saturated carbocycles.